The van der Waals surface area contributed by atoms with Gasteiger partial charge in [-0.3, -0.25) is 0 Å². The van der Waals surface area contributed by atoms with E-state index in [0.717, 1.165) is 44.9 Å². The molecule has 6 heteroatoms. The monoisotopic (exact) mass is 500 g/mol. The van der Waals surface area contributed by atoms with Gasteiger partial charge in [0.25, 0.3) is 0 Å². The topological polar surface area (TPSA) is 51.5 Å². The van der Waals surface area contributed by atoms with E-state index in [1.807, 2.05) is 0 Å². The Labute approximate surface area is 196 Å². The standard InChI is InChI=1S/C25H29BrN2O2S/c1-28-12-9-19(21(14-28)16-7-10-25(11-8-16)15-27-25)20-13-22(31-23(20)24(29)30-2)17-3-5-18(26)6-4-17/h3-6,13,16,27H,7-12,14-15H2,1-2H3. The summed E-state index contributed by atoms with van der Waals surface area (Å²) in [4.78, 5) is 17.1. The Morgan fingerprint density at radius 1 is 1.26 bits per heavy atom. The first-order valence-corrected chi connectivity index (χ1v) is 12.7. The van der Waals surface area contributed by atoms with Gasteiger partial charge in [-0.25, -0.2) is 4.79 Å². The van der Waals surface area contributed by atoms with Gasteiger partial charge in [-0.15, -0.1) is 11.3 Å². The molecule has 0 bridgehead atoms. The number of ether oxygens (including phenoxy) is 1. The van der Waals surface area contributed by atoms with Crippen molar-refractivity contribution in [1.82, 2.24) is 10.2 Å². The summed E-state index contributed by atoms with van der Waals surface area (Å²) < 4.78 is 6.25. The van der Waals surface area contributed by atoms with Crippen LogP contribution in [-0.2, 0) is 4.74 Å². The van der Waals surface area contributed by atoms with Crippen molar-refractivity contribution in [3.8, 4) is 10.4 Å². The van der Waals surface area contributed by atoms with Crippen molar-refractivity contribution < 1.29 is 9.53 Å². The first-order valence-electron chi connectivity index (χ1n) is 11.1. The molecule has 1 aliphatic carbocycles. The summed E-state index contributed by atoms with van der Waals surface area (Å²) in [6, 6.07) is 10.5. The highest BCUT2D eigenvalue weighted by Gasteiger charge is 2.45. The maximum absolute atomic E-state index is 12.8. The van der Waals surface area contributed by atoms with E-state index >= 15 is 0 Å². The summed E-state index contributed by atoms with van der Waals surface area (Å²) in [5.74, 6) is 0.395. The molecule has 1 saturated carbocycles. The third kappa shape index (κ3) is 4.28. The Balaban J connectivity index is 1.56. The quantitative estimate of drug-likeness (QED) is 0.439. The second kappa shape index (κ2) is 8.47. The first kappa shape index (κ1) is 21.4. The van der Waals surface area contributed by atoms with Crippen molar-refractivity contribution in [2.24, 2.45) is 5.92 Å². The van der Waals surface area contributed by atoms with Gasteiger partial charge in [-0.2, -0.15) is 0 Å². The zero-order valence-corrected chi connectivity index (χ0v) is 20.6. The van der Waals surface area contributed by atoms with E-state index in [9.17, 15) is 4.79 Å². The Hall–Kier alpha value is -1.47. The van der Waals surface area contributed by atoms with E-state index in [0.29, 0.717) is 11.5 Å². The number of likely N-dealkylation sites (N-methyl/N-ethyl adjacent to an activating group) is 1. The largest absolute Gasteiger partial charge is 0.465 e. The molecule has 0 amide bonds. The first-order chi connectivity index (χ1) is 15.0. The van der Waals surface area contributed by atoms with Gasteiger partial charge in [0.2, 0.25) is 0 Å². The smallest absolute Gasteiger partial charge is 0.348 e. The van der Waals surface area contributed by atoms with Crippen LogP contribution in [0.4, 0.5) is 0 Å². The molecule has 1 aromatic heterocycles. The zero-order chi connectivity index (χ0) is 21.6. The molecular weight excluding hydrogens is 472 g/mol. The van der Waals surface area contributed by atoms with E-state index in [-0.39, 0.29) is 5.97 Å². The van der Waals surface area contributed by atoms with Crippen LogP contribution in [0.3, 0.4) is 0 Å². The summed E-state index contributed by atoms with van der Waals surface area (Å²) in [7, 11) is 3.70. The molecule has 5 rings (SSSR count). The van der Waals surface area contributed by atoms with Gasteiger partial charge in [0, 0.05) is 40.1 Å². The van der Waals surface area contributed by atoms with E-state index < -0.39 is 0 Å². The van der Waals surface area contributed by atoms with Crippen LogP contribution < -0.4 is 5.32 Å². The molecule has 2 aliphatic heterocycles. The van der Waals surface area contributed by atoms with Crippen LogP contribution in [0.1, 0.15) is 47.3 Å². The number of esters is 1. The van der Waals surface area contributed by atoms with Crippen molar-refractivity contribution in [2.45, 2.75) is 37.6 Å². The lowest BCUT2D eigenvalue weighted by atomic mass is 9.74. The molecule has 0 unspecified atom stereocenters. The van der Waals surface area contributed by atoms with Crippen LogP contribution in [0.25, 0.3) is 16.0 Å². The predicted octanol–water partition coefficient (Wildman–Crippen LogP) is 5.59. The van der Waals surface area contributed by atoms with Crippen molar-refractivity contribution >= 4 is 38.8 Å². The van der Waals surface area contributed by atoms with Gasteiger partial charge >= 0.3 is 5.97 Å². The van der Waals surface area contributed by atoms with Gasteiger partial charge < -0.3 is 15.0 Å². The highest BCUT2D eigenvalue weighted by atomic mass is 79.9. The Kier molecular flexibility index (Phi) is 5.84. The number of hydrogen-bond acceptors (Lipinski definition) is 5. The molecule has 3 heterocycles. The number of benzene rings is 1. The SMILES string of the molecule is COC(=O)c1sc(-c2ccc(Br)cc2)cc1C1=C(C2CCC3(CC2)CN3)CN(C)CC1. The second-order valence-electron chi connectivity index (χ2n) is 9.25. The maximum Gasteiger partial charge on any atom is 0.348 e. The lowest BCUT2D eigenvalue weighted by Crippen LogP contribution is -2.33. The molecule has 2 aromatic rings. The van der Waals surface area contributed by atoms with E-state index in [4.69, 9.17) is 4.74 Å². The fourth-order valence-electron chi connectivity index (χ4n) is 5.22. The van der Waals surface area contributed by atoms with E-state index in [1.54, 1.807) is 16.9 Å². The minimum absolute atomic E-state index is 0.223. The maximum atomic E-state index is 12.8. The normalized spacial score (nSPS) is 26.4. The fraction of sp³-hybridized carbons (Fsp3) is 0.480. The average molecular weight is 501 g/mol. The molecule has 31 heavy (non-hydrogen) atoms. The minimum atomic E-state index is -0.223. The summed E-state index contributed by atoms with van der Waals surface area (Å²) in [5, 5.41) is 3.59. The van der Waals surface area contributed by atoms with E-state index in [1.165, 1.54) is 44.9 Å². The van der Waals surface area contributed by atoms with Gasteiger partial charge in [-0.1, -0.05) is 28.1 Å². The number of carbonyl (C=O) groups is 1. The van der Waals surface area contributed by atoms with E-state index in [2.05, 4.69) is 63.5 Å². The molecule has 1 spiro atoms. The molecule has 1 saturated heterocycles. The highest BCUT2D eigenvalue weighted by Crippen LogP contribution is 2.46. The second-order valence-corrected chi connectivity index (χ2v) is 11.2. The minimum Gasteiger partial charge on any atom is -0.465 e. The number of thiophene rings is 1. The molecule has 4 nitrogen and oxygen atoms in total. The fourth-order valence-corrected chi connectivity index (χ4v) is 6.60. The molecular formula is C25H29BrN2O2S. The van der Waals surface area contributed by atoms with Gasteiger partial charge in [0.15, 0.2) is 0 Å². The summed E-state index contributed by atoms with van der Waals surface area (Å²) in [5.41, 5.74) is 5.63. The molecule has 3 aliphatic rings. The molecule has 2 fully saturated rings. The third-order valence-electron chi connectivity index (χ3n) is 7.24. The molecule has 0 radical (unpaired) electrons. The summed E-state index contributed by atoms with van der Waals surface area (Å²) in [6.45, 7) is 3.23. The van der Waals surface area contributed by atoms with Crippen LogP contribution in [0.15, 0.2) is 40.4 Å². The molecule has 164 valence electrons. The Bertz CT molecular complexity index is 1010. The van der Waals surface area contributed by atoms with Gasteiger partial charge in [-0.05, 0) is 80.0 Å². The van der Waals surface area contributed by atoms with Crippen LogP contribution in [0.5, 0.6) is 0 Å². The molecule has 0 atom stereocenters. The number of nitrogens with zero attached hydrogens (tertiary/aromatic N) is 1. The lowest BCUT2D eigenvalue weighted by molar-refractivity contribution is 0.0606. The predicted molar refractivity (Wildman–Crippen MR) is 131 cm³/mol. The van der Waals surface area contributed by atoms with Crippen molar-refractivity contribution in [1.29, 1.82) is 0 Å². The van der Waals surface area contributed by atoms with Gasteiger partial charge in [0.1, 0.15) is 4.88 Å². The molecule has 1 aromatic carbocycles. The highest BCUT2D eigenvalue weighted by molar-refractivity contribution is 9.10. The van der Waals surface area contributed by atoms with Crippen LogP contribution in [0.2, 0.25) is 0 Å². The Morgan fingerprint density at radius 3 is 2.61 bits per heavy atom. The van der Waals surface area contributed by atoms with Crippen LogP contribution >= 0.6 is 27.3 Å². The number of rotatable bonds is 4. The van der Waals surface area contributed by atoms with Crippen molar-refractivity contribution in [2.75, 3.05) is 33.8 Å². The van der Waals surface area contributed by atoms with Crippen molar-refractivity contribution in [3.05, 3.63) is 50.8 Å². The Morgan fingerprint density at radius 2 is 1.97 bits per heavy atom. The number of nitrogens with one attached hydrogen (secondary N) is 1. The summed E-state index contributed by atoms with van der Waals surface area (Å²) >= 11 is 5.07. The summed E-state index contributed by atoms with van der Waals surface area (Å²) in [6.07, 6.45) is 6.03. The number of methoxy groups -OCH3 is 1. The van der Waals surface area contributed by atoms with Crippen LogP contribution in [-0.4, -0.2) is 50.2 Å². The lowest BCUT2D eigenvalue weighted by Gasteiger charge is -2.36. The number of hydrogen-bond donors (Lipinski definition) is 1. The van der Waals surface area contributed by atoms with Crippen LogP contribution in [0, 0.1) is 5.92 Å². The number of carbonyl (C=O) groups excluding carboxylic acids is 1. The number of halogens is 1. The average Bonchev–Trinajstić information content (AvgIpc) is 3.39. The zero-order valence-electron chi connectivity index (χ0n) is 18.2. The third-order valence-corrected chi connectivity index (χ3v) is 8.93. The van der Waals surface area contributed by atoms with Gasteiger partial charge in [0.05, 0.1) is 7.11 Å². The van der Waals surface area contributed by atoms with Crippen molar-refractivity contribution in [3.63, 3.8) is 0 Å². The molecule has 1 N–H and O–H groups in total.